The Labute approximate surface area is 181 Å². The van der Waals surface area contributed by atoms with Crippen LogP contribution in [-0.2, 0) is 19.1 Å². The minimum atomic E-state index is -1.98. The Kier molecular flexibility index (Phi) is 4.24. The molecule has 0 bridgehead atoms. The molecule has 8 atom stereocenters. The molecule has 0 aromatic rings. The molecule has 5 aliphatic rings. The molecule has 7 heteroatoms. The molecule has 1 heterocycles. The predicted octanol–water partition coefficient (Wildman–Crippen LogP) is 2.42. The molecule has 0 aromatic heterocycles. The van der Waals surface area contributed by atoms with Gasteiger partial charge in [-0.05, 0) is 64.5 Å². The van der Waals surface area contributed by atoms with Gasteiger partial charge < -0.3 is 19.7 Å². The molecule has 0 spiro atoms. The summed E-state index contributed by atoms with van der Waals surface area (Å²) in [5, 5.41) is 21.2. The van der Waals surface area contributed by atoms with Gasteiger partial charge in [0.1, 0.15) is 6.61 Å². The number of allylic oxidation sites excluding steroid dienone is 4. The maximum atomic E-state index is 17.1. The van der Waals surface area contributed by atoms with Crippen LogP contribution in [0.3, 0.4) is 0 Å². The first-order valence-electron chi connectivity index (χ1n) is 11.2. The fourth-order valence-corrected chi connectivity index (χ4v) is 7.93. The lowest BCUT2D eigenvalue weighted by atomic mass is 9.44. The van der Waals surface area contributed by atoms with Gasteiger partial charge in [0.2, 0.25) is 0 Å². The summed E-state index contributed by atoms with van der Waals surface area (Å²) in [6.07, 6.45) is 4.00. The highest BCUT2D eigenvalue weighted by Crippen LogP contribution is 2.72. The molecule has 170 valence electrons. The quantitative estimate of drug-likeness (QED) is 0.694. The van der Waals surface area contributed by atoms with Crippen LogP contribution in [0.1, 0.15) is 53.4 Å². The van der Waals surface area contributed by atoms with E-state index in [0.29, 0.717) is 19.3 Å². The van der Waals surface area contributed by atoms with Crippen molar-refractivity contribution >= 4 is 11.6 Å². The number of aliphatic hydroxyl groups excluding tert-OH is 2. The molecule has 5 rings (SSSR count). The first-order valence-corrected chi connectivity index (χ1v) is 11.2. The van der Waals surface area contributed by atoms with Crippen LogP contribution in [0.5, 0.6) is 0 Å². The fraction of sp³-hybridized carbons (Fsp3) is 0.750. The summed E-state index contributed by atoms with van der Waals surface area (Å²) >= 11 is 0. The number of carbonyl (C=O) groups excluding carboxylic acids is 2. The molecule has 1 saturated heterocycles. The number of halogens is 1. The Balaban J connectivity index is 1.64. The van der Waals surface area contributed by atoms with Crippen LogP contribution in [0.4, 0.5) is 4.39 Å². The van der Waals surface area contributed by atoms with Crippen LogP contribution in [0.25, 0.3) is 0 Å². The standard InChI is InChI=1S/C24H31FO6/c1-20(2)30-19-10-16-15-6-5-13-9-14(27)7-8-21(13,3)23(15,25)17(28)11-22(16,4)24(19,31-20)18(29)12-26/h7-9,15-17,19,26,28H,5-6,10-12H2,1-4H3/t15-,16?,17-,19?,21-,22-,23?,24+/m0/s1. The zero-order valence-electron chi connectivity index (χ0n) is 18.5. The van der Waals surface area contributed by atoms with Crippen molar-refractivity contribution in [2.24, 2.45) is 22.7 Å². The van der Waals surface area contributed by atoms with Crippen molar-refractivity contribution in [2.75, 3.05) is 6.61 Å². The maximum Gasteiger partial charge on any atom is 0.193 e. The Bertz CT molecular complexity index is 925. The number of Topliss-reactive ketones (excluding diaryl/α,β-unsaturated/α-hetero) is 1. The van der Waals surface area contributed by atoms with Crippen LogP contribution < -0.4 is 0 Å². The molecule has 3 unspecified atom stereocenters. The van der Waals surface area contributed by atoms with Gasteiger partial charge in [-0.25, -0.2) is 4.39 Å². The van der Waals surface area contributed by atoms with E-state index < -0.39 is 58.4 Å². The second-order valence-electron chi connectivity index (χ2n) is 10.9. The number of aliphatic hydroxyl groups is 2. The van der Waals surface area contributed by atoms with E-state index in [4.69, 9.17) is 9.47 Å². The first kappa shape index (κ1) is 21.4. The van der Waals surface area contributed by atoms with Crippen molar-refractivity contribution in [3.63, 3.8) is 0 Å². The number of ether oxygens (including phenoxy) is 2. The lowest BCUT2D eigenvalue weighted by Crippen LogP contribution is -2.70. The summed E-state index contributed by atoms with van der Waals surface area (Å²) in [7, 11) is 0. The van der Waals surface area contributed by atoms with E-state index in [1.54, 1.807) is 26.8 Å². The first-order chi connectivity index (χ1) is 14.4. The maximum absolute atomic E-state index is 17.1. The summed E-state index contributed by atoms with van der Waals surface area (Å²) in [6.45, 7) is 6.41. The molecule has 0 aromatic carbocycles. The topological polar surface area (TPSA) is 93.1 Å². The van der Waals surface area contributed by atoms with Crippen molar-refractivity contribution in [1.82, 2.24) is 0 Å². The minimum Gasteiger partial charge on any atom is -0.390 e. The lowest BCUT2D eigenvalue weighted by molar-refractivity contribution is -0.246. The van der Waals surface area contributed by atoms with Crippen LogP contribution in [0.2, 0.25) is 0 Å². The molecule has 4 fully saturated rings. The van der Waals surface area contributed by atoms with E-state index in [9.17, 15) is 19.8 Å². The van der Waals surface area contributed by atoms with Crippen LogP contribution in [0.15, 0.2) is 23.8 Å². The molecule has 0 radical (unpaired) electrons. The highest BCUT2D eigenvalue weighted by atomic mass is 19.1. The number of ketones is 2. The molecule has 2 N–H and O–H groups in total. The van der Waals surface area contributed by atoms with Gasteiger partial charge in [-0.2, -0.15) is 0 Å². The average molecular weight is 435 g/mol. The number of fused-ring (bicyclic) bond motifs is 7. The van der Waals surface area contributed by atoms with Gasteiger partial charge in [0.05, 0.1) is 12.2 Å². The highest BCUT2D eigenvalue weighted by molar-refractivity contribution is 6.01. The number of rotatable bonds is 2. The van der Waals surface area contributed by atoms with Crippen molar-refractivity contribution in [3.8, 4) is 0 Å². The minimum absolute atomic E-state index is 0.0109. The van der Waals surface area contributed by atoms with Gasteiger partial charge in [-0.3, -0.25) is 9.59 Å². The van der Waals surface area contributed by atoms with E-state index >= 15 is 4.39 Å². The highest BCUT2D eigenvalue weighted by Gasteiger charge is 2.79. The van der Waals surface area contributed by atoms with Crippen molar-refractivity contribution in [2.45, 2.75) is 82.6 Å². The second-order valence-corrected chi connectivity index (χ2v) is 10.9. The van der Waals surface area contributed by atoms with Crippen molar-refractivity contribution < 1.29 is 33.7 Å². The fourth-order valence-electron chi connectivity index (χ4n) is 7.93. The van der Waals surface area contributed by atoms with Gasteiger partial charge in [-0.15, -0.1) is 0 Å². The lowest BCUT2D eigenvalue weighted by Gasteiger charge is -2.62. The Morgan fingerprint density at radius 2 is 1.97 bits per heavy atom. The van der Waals surface area contributed by atoms with Crippen LogP contribution in [0, 0.1) is 22.7 Å². The second kappa shape index (κ2) is 6.13. The summed E-state index contributed by atoms with van der Waals surface area (Å²) < 4.78 is 29.5. The Hall–Kier alpha value is -1.41. The van der Waals surface area contributed by atoms with E-state index in [2.05, 4.69) is 0 Å². The van der Waals surface area contributed by atoms with Crippen LogP contribution >= 0.6 is 0 Å². The van der Waals surface area contributed by atoms with E-state index in [0.717, 1.165) is 5.57 Å². The van der Waals surface area contributed by atoms with Gasteiger partial charge in [0.25, 0.3) is 0 Å². The monoisotopic (exact) mass is 434 g/mol. The number of hydrogen-bond donors (Lipinski definition) is 2. The van der Waals surface area contributed by atoms with Gasteiger partial charge in [0, 0.05) is 16.7 Å². The van der Waals surface area contributed by atoms with E-state index in [1.165, 1.54) is 12.2 Å². The average Bonchev–Trinajstić information content (AvgIpc) is 3.09. The number of alkyl halides is 1. The SMILES string of the molecule is CC1(C)OC2CC3[C@@H]4CCC5=CC(=O)C=C[C@]5(C)C4(F)[C@@H](O)C[C@]3(C)[C@]2(C(=O)CO)O1. The molecule has 0 amide bonds. The van der Waals surface area contributed by atoms with Gasteiger partial charge in [0.15, 0.2) is 28.6 Å². The van der Waals surface area contributed by atoms with Gasteiger partial charge >= 0.3 is 0 Å². The molecular weight excluding hydrogens is 403 g/mol. The molecule has 6 nitrogen and oxygen atoms in total. The molecule has 4 aliphatic carbocycles. The van der Waals surface area contributed by atoms with Crippen molar-refractivity contribution in [3.05, 3.63) is 23.8 Å². The molecule has 31 heavy (non-hydrogen) atoms. The van der Waals surface area contributed by atoms with E-state index in [-0.39, 0.29) is 18.1 Å². The Morgan fingerprint density at radius 3 is 2.65 bits per heavy atom. The van der Waals surface area contributed by atoms with Gasteiger partial charge in [-0.1, -0.05) is 18.6 Å². The predicted molar refractivity (Wildman–Crippen MR) is 109 cm³/mol. The normalized spacial score (nSPS) is 52.1. The zero-order valence-corrected chi connectivity index (χ0v) is 18.5. The van der Waals surface area contributed by atoms with Crippen molar-refractivity contribution in [1.29, 1.82) is 0 Å². The summed E-state index contributed by atoms with van der Waals surface area (Å²) in [6, 6.07) is 0. The Morgan fingerprint density at radius 1 is 1.26 bits per heavy atom. The zero-order chi connectivity index (χ0) is 22.6. The molecule has 3 saturated carbocycles. The third-order valence-corrected chi connectivity index (χ3v) is 9.19. The third kappa shape index (κ3) is 2.31. The molecule has 1 aliphatic heterocycles. The largest absolute Gasteiger partial charge is 0.390 e. The summed E-state index contributed by atoms with van der Waals surface area (Å²) in [5.41, 5.74) is -4.66. The summed E-state index contributed by atoms with van der Waals surface area (Å²) in [4.78, 5) is 25.1. The third-order valence-electron chi connectivity index (χ3n) is 9.19. The van der Waals surface area contributed by atoms with Crippen LogP contribution in [-0.4, -0.2) is 57.7 Å². The molecular formula is C24H31FO6. The smallest absolute Gasteiger partial charge is 0.193 e. The van der Waals surface area contributed by atoms with E-state index in [1.807, 2.05) is 6.92 Å². The number of hydrogen-bond acceptors (Lipinski definition) is 6. The summed E-state index contributed by atoms with van der Waals surface area (Å²) in [5.74, 6) is -2.46. The number of carbonyl (C=O) groups is 2.